The molecule has 118 valence electrons. The van der Waals surface area contributed by atoms with Crippen LogP contribution in [0.15, 0.2) is 57.2 Å². The average molecular weight is 330 g/mol. The molecule has 0 bridgehead atoms. The van der Waals surface area contributed by atoms with Gasteiger partial charge in [-0.15, -0.1) is 0 Å². The highest BCUT2D eigenvalue weighted by molar-refractivity contribution is 7.91. The van der Waals surface area contributed by atoms with Crippen LogP contribution in [0.5, 0.6) is 5.75 Å². The van der Waals surface area contributed by atoms with Crippen molar-refractivity contribution >= 4 is 20.9 Å². The maximum absolute atomic E-state index is 12.7. The van der Waals surface area contributed by atoms with Crippen molar-refractivity contribution < 1.29 is 13.2 Å². The smallest absolute Gasteiger partial charge is 0.211 e. The molecule has 0 fully saturated rings. The van der Waals surface area contributed by atoms with Crippen molar-refractivity contribution in [3.8, 4) is 5.75 Å². The maximum Gasteiger partial charge on any atom is 0.211 e. The van der Waals surface area contributed by atoms with Gasteiger partial charge in [0.05, 0.1) is 17.4 Å². The maximum atomic E-state index is 12.7. The number of ether oxygens (including phenoxy) is 1. The summed E-state index contributed by atoms with van der Waals surface area (Å²) in [6, 6.07) is 9.13. The number of hydrogen-bond acceptors (Lipinski definition) is 5. The van der Waals surface area contributed by atoms with Crippen molar-refractivity contribution in [1.29, 1.82) is 0 Å². The van der Waals surface area contributed by atoms with Crippen LogP contribution in [0.4, 0.5) is 0 Å². The molecule has 3 rings (SSSR count). The number of hydrogen-bond donors (Lipinski definition) is 1. The third kappa shape index (κ3) is 2.59. The molecule has 3 aromatic rings. The number of nitrogens with zero attached hydrogens (tertiary/aromatic N) is 1. The highest BCUT2D eigenvalue weighted by Crippen LogP contribution is 2.21. The van der Waals surface area contributed by atoms with E-state index in [0.29, 0.717) is 11.4 Å². The second-order valence-corrected chi connectivity index (χ2v) is 6.93. The zero-order valence-corrected chi connectivity index (χ0v) is 13.3. The highest BCUT2D eigenvalue weighted by atomic mass is 32.2. The van der Waals surface area contributed by atoms with Crippen LogP contribution in [0.1, 0.15) is 5.69 Å². The number of fused-ring (bicyclic) bond motifs is 1. The van der Waals surface area contributed by atoms with Crippen molar-refractivity contribution in [2.45, 2.75) is 16.7 Å². The number of aromatic amines is 1. The second-order valence-electron chi connectivity index (χ2n) is 5.01. The molecule has 0 saturated carbocycles. The van der Waals surface area contributed by atoms with E-state index in [1.165, 1.54) is 37.6 Å². The van der Waals surface area contributed by atoms with Gasteiger partial charge in [0.2, 0.25) is 15.3 Å². The lowest BCUT2D eigenvalue weighted by atomic mass is 10.2. The Labute approximate surface area is 132 Å². The highest BCUT2D eigenvalue weighted by Gasteiger charge is 2.22. The van der Waals surface area contributed by atoms with Gasteiger partial charge in [0.1, 0.15) is 16.3 Å². The van der Waals surface area contributed by atoms with Gasteiger partial charge >= 0.3 is 0 Å². The summed E-state index contributed by atoms with van der Waals surface area (Å²) in [4.78, 5) is 19.2. The molecule has 1 aromatic carbocycles. The largest absolute Gasteiger partial charge is 0.497 e. The SMILES string of the molecule is COc1ccc(S(=O)(=O)c2c[nH]c3nc(C)ccc3c2=O)cc1. The van der Waals surface area contributed by atoms with Crippen molar-refractivity contribution in [1.82, 2.24) is 9.97 Å². The van der Waals surface area contributed by atoms with Crippen LogP contribution in [-0.2, 0) is 9.84 Å². The van der Waals surface area contributed by atoms with Crippen LogP contribution in [0.25, 0.3) is 11.0 Å². The van der Waals surface area contributed by atoms with E-state index in [-0.39, 0.29) is 15.2 Å². The van der Waals surface area contributed by atoms with Crippen molar-refractivity contribution in [2.24, 2.45) is 0 Å². The number of pyridine rings is 2. The zero-order chi connectivity index (χ0) is 16.6. The zero-order valence-electron chi connectivity index (χ0n) is 12.5. The first-order chi connectivity index (χ1) is 10.9. The van der Waals surface area contributed by atoms with Gasteiger partial charge in [-0.1, -0.05) is 0 Å². The fourth-order valence-corrected chi connectivity index (χ4v) is 3.58. The third-order valence-corrected chi connectivity index (χ3v) is 5.28. The summed E-state index contributed by atoms with van der Waals surface area (Å²) >= 11 is 0. The van der Waals surface area contributed by atoms with Crippen LogP contribution in [0.2, 0.25) is 0 Å². The van der Waals surface area contributed by atoms with Gasteiger partial charge in [-0.2, -0.15) is 0 Å². The molecule has 2 heterocycles. The Balaban J connectivity index is 2.20. The van der Waals surface area contributed by atoms with E-state index in [1.807, 2.05) is 0 Å². The van der Waals surface area contributed by atoms with E-state index in [4.69, 9.17) is 4.74 Å². The van der Waals surface area contributed by atoms with Crippen LogP contribution in [-0.4, -0.2) is 25.5 Å². The van der Waals surface area contributed by atoms with Gasteiger partial charge in [-0.3, -0.25) is 4.79 Å². The van der Waals surface area contributed by atoms with E-state index in [2.05, 4.69) is 9.97 Å². The van der Waals surface area contributed by atoms with Gasteiger partial charge in [0.25, 0.3) is 0 Å². The van der Waals surface area contributed by atoms with Gasteiger partial charge < -0.3 is 9.72 Å². The summed E-state index contributed by atoms with van der Waals surface area (Å²) in [6.07, 6.45) is 1.19. The fraction of sp³-hybridized carbons (Fsp3) is 0.125. The number of benzene rings is 1. The molecular weight excluding hydrogens is 316 g/mol. The molecule has 23 heavy (non-hydrogen) atoms. The molecule has 2 aromatic heterocycles. The van der Waals surface area contributed by atoms with E-state index in [0.717, 1.165) is 5.69 Å². The van der Waals surface area contributed by atoms with Gasteiger partial charge in [-0.25, -0.2) is 13.4 Å². The summed E-state index contributed by atoms with van der Waals surface area (Å²) < 4.78 is 30.4. The molecule has 0 atom stereocenters. The average Bonchev–Trinajstić information content (AvgIpc) is 2.54. The number of methoxy groups -OCH3 is 1. The van der Waals surface area contributed by atoms with E-state index in [9.17, 15) is 13.2 Å². The lowest BCUT2D eigenvalue weighted by Gasteiger charge is -2.06. The Hall–Kier alpha value is -2.67. The molecule has 7 heteroatoms. The Morgan fingerprint density at radius 1 is 1.09 bits per heavy atom. The van der Waals surface area contributed by atoms with E-state index in [1.54, 1.807) is 19.1 Å². The number of H-pyrrole nitrogens is 1. The van der Waals surface area contributed by atoms with Crippen molar-refractivity contribution in [3.05, 3.63) is 58.5 Å². The summed E-state index contributed by atoms with van der Waals surface area (Å²) in [7, 11) is -2.43. The Bertz CT molecular complexity index is 1040. The van der Waals surface area contributed by atoms with Gasteiger partial charge in [-0.05, 0) is 43.3 Å². The molecule has 0 spiro atoms. The minimum absolute atomic E-state index is 0.0308. The fourth-order valence-electron chi connectivity index (χ4n) is 2.26. The number of aryl methyl sites for hydroxylation is 1. The third-order valence-electron chi connectivity index (χ3n) is 3.50. The van der Waals surface area contributed by atoms with Gasteiger partial charge in [0, 0.05) is 11.9 Å². The lowest BCUT2D eigenvalue weighted by Crippen LogP contribution is -2.16. The standard InChI is InChI=1S/C16H14N2O4S/c1-10-3-8-13-15(19)14(9-17-16(13)18-10)23(20,21)12-6-4-11(22-2)5-7-12/h3-9H,1-2H3,(H,17,18,19). The lowest BCUT2D eigenvalue weighted by molar-refractivity contribution is 0.414. The second kappa shape index (κ2) is 5.51. The first kappa shape index (κ1) is 15.2. The topological polar surface area (TPSA) is 89.1 Å². The first-order valence-corrected chi connectivity index (χ1v) is 8.30. The monoisotopic (exact) mass is 330 g/mol. The number of nitrogens with one attached hydrogen (secondary N) is 1. The Kier molecular flexibility index (Phi) is 3.65. The first-order valence-electron chi connectivity index (χ1n) is 6.81. The molecule has 0 saturated heterocycles. The van der Waals surface area contributed by atoms with Crippen LogP contribution in [0.3, 0.4) is 0 Å². The molecule has 0 amide bonds. The summed E-state index contributed by atoms with van der Waals surface area (Å²) in [5, 5.41) is 0.241. The predicted molar refractivity (Wildman–Crippen MR) is 85.5 cm³/mol. The van der Waals surface area contributed by atoms with E-state index >= 15 is 0 Å². The minimum Gasteiger partial charge on any atom is -0.497 e. The normalized spacial score (nSPS) is 11.6. The number of sulfone groups is 1. The Morgan fingerprint density at radius 2 is 1.78 bits per heavy atom. The molecule has 0 aliphatic rings. The summed E-state index contributed by atoms with van der Waals surface area (Å²) in [5.41, 5.74) is 0.532. The molecule has 0 aliphatic heterocycles. The van der Waals surface area contributed by atoms with Gasteiger partial charge in [0.15, 0.2) is 0 Å². The molecule has 6 nitrogen and oxygen atoms in total. The molecule has 0 radical (unpaired) electrons. The predicted octanol–water partition coefficient (Wildman–Crippen LogP) is 2.07. The summed E-state index contributed by atoms with van der Waals surface area (Å²) in [6.45, 7) is 1.79. The van der Waals surface area contributed by atoms with Crippen LogP contribution < -0.4 is 10.2 Å². The van der Waals surface area contributed by atoms with Crippen molar-refractivity contribution in [3.63, 3.8) is 0 Å². The molecular formula is C16H14N2O4S. The quantitative estimate of drug-likeness (QED) is 0.794. The Morgan fingerprint density at radius 3 is 2.43 bits per heavy atom. The number of rotatable bonds is 3. The molecule has 1 N–H and O–H groups in total. The molecule has 0 unspecified atom stereocenters. The van der Waals surface area contributed by atoms with Crippen molar-refractivity contribution in [2.75, 3.05) is 7.11 Å². The number of aromatic nitrogens is 2. The molecule has 0 aliphatic carbocycles. The van der Waals surface area contributed by atoms with Crippen LogP contribution >= 0.6 is 0 Å². The summed E-state index contributed by atoms with van der Waals surface area (Å²) in [5.74, 6) is 0.538. The van der Waals surface area contributed by atoms with Crippen LogP contribution in [0, 0.1) is 6.92 Å². The minimum atomic E-state index is -3.92. The van der Waals surface area contributed by atoms with E-state index < -0.39 is 15.3 Å².